The second kappa shape index (κ2) is 9.01. The van der Waals surface area contributed by atoms with Gasteiger partial charge in [-0.1, -0.05) is 60.1 Å². The molecular formula is C24H21ClN2O3. The van der Waals surface area contributed by atoms with Crippen LogP contribution in [0.5, 0.6) is 5.75 Å². The summed E-state index contributed by atoms with van der Waals surface area (Å²) in [6.45, 7) is 2.39. The lowest BCUT2D eigenvalue weighted by Crippen LogP contribution is -2.39. The van der Waals surface area contributed by atoms with Gasteiger partial charge >= 0.3 is 0 Å². The maximum atomic E-state index is 13.2. The lowest BCUT2D eigenvalue weighted by molar-refractivity contribution is -0.139. The van der Waals surface area contributed by atoms with Gasteiger partial charge in [-0.15, -0.1) is 0 Å². The molecule has 0 saturated heterocycles. The van der Waals surface area contributed by atoms with Crippen LogP contribution in [0.25, 0.3) is 11.1 Å². The van der Waals surface area contributed by atoms with Gasteiger partial charge in [0.05, 0.1) is 6.54 Å². The zero-order valence-corrected chi connectivity index (χ0v) is 17.3. The molecule has 0 aliphatic rings. The van der Waals surface area contributed by atoms with Crippen molar-refractivity contribution >= 4 is 28.6 Å². The summed E-state index contributed by atoms with van der Waals surface area (Å²) >= 11 is 6.05. The Balaban J connectivity index is 1.57. The average Bonchev–Trinajstić information content (AvgIpc) is 3.15. The molecule has 0 N–H and O–H groups in total. The number of amides is 1. The van der Waals surface area contributed by atoms with Gasteiger partial charge in [0, 0.05) is 11.6 Å². The van der Waals surface area contributed by atoms with Crippen LogP contribution in [-0.4, -0.2) is 21.9 Å². The summed E-state index contributed by atoms with van der Waals surface area (Å²) in [5, 5.41) is 0.587. The van der Waals surface area contributed by atoms with E-state index in [0.29, 0.717) is 34.3 Å². The van der Waals surface area contributed by atoms with Crippen molar-refractivity contribution in [2.45, 2.75) is 26.1 Å². The Morgan fingerprint density at radius 2 is 1.73 bits per heavy atom. The molecular weight excluding hydrogens is 400 g/mol. The third kappa shape index (κ3) is 4.81. The maximum absolute atomic E-state index is 13.2. The third-order valence-corrected chi connectivity index (χ3v) is 4.89. The Labute approximate surface area is 179 Å². The molecule has 1 heterocycles. The molecule has 3 aromatic carbocycles. The van der Waals surface area contributed by atoms with Crippen LogP contribution in [0.1, 0.15) is 18.4 Å². The van der Waals surface area contributed by atoms with E-state index in [1.807, 2.05) is 60.7 Å². The molecule has 0 spiro atoms. The number of carbonyl (C=O) groups is 1. The Morgan fingerprint density at radius 1 is 1.03 bits per heavy atom. The first-order chi connectivity index (χ1) is 14.6. The number of ether oxygens (including phenoxy) is 1. The summed E-state index contributed by atoms with van der Waals surface area (Å²) in [6, 6.07) is 24.4. The van der Waals surface area contributed by atoms with E-state index in [4.69, 9.17) is 20.8 Å². The van der Waals surface area contributed by atoms with Crippen molar-refractivity contribution in [1.29, 1.82) is 0 Å². The van der Waals surface area contributed by atoms with Crippen molar-refractivity contribution in [2.75, 3.05) is 0 Å². The molecule has 0 unspecified atom stereocenters. The maximum Gasteiger partial charge on any atom is 0.264 e. The van der Waals surface area contributed by atoms with E-state index < -0.39 is 6.10 Å². The van der Waals surface area contributed by atoms with E-state index in [1.54, 1.807) is 30.0 Å². The number of nitrogens with zero attached hydrogens (tertiary/aromatic N) is 2. The predicted molar refractivity (Wildman–Crippen MR) is 116 cm³/mol. The van der Waals surface area contributed by atoms with E-state index in [1.165, 1.54) is 0 Å². The van der Waals surface area contributed by atoms with Gasteiger partial charge in [-0.3, -0.25) is 4.79 Å². The van der Waals surface area contributed by atoms with E-state index in [0.717, 1.165) is 5.56 Å². The molecule has 0 bridgehead atoms. The molecule has 4 rings (SSSR count). The van der Waals surface area contributed by atoms with Crippen LogP contribution in [0.3, 0.4) is 0 Å². The van der Waals surface area contributed by atoms with E-state index in [9.17, 15) is 4.79 Å². The first-order valence-electron chi connectivity index (χ1n) is 9.68. The molecule has 4 aromatic rings. The summed E-state index contributed by atoms with van der Waals surface area (Å²) in [6.07, 6.45) is -0.657. The van der Waals surface area contributed by atoms with Gasteiger partial charge in [0.2, 0.25) is 5.89 Å². The highest BCUT2D eigenvalue weighted by molar-refractivity contribution is 6.31. The van der Waals surface area contributed by atoms with Crippen LogP contribution in [-0.2, 0) is 17.9 Å². The zero-order valence-electron chi connectivity index (χ0n) is 16.5. The summed E-state index contributed by atoms with van der Waals surface area (Å²) in [5.74, 6) is 0.945. The van der Waals surface area contributed by atoms with Crippen molar-refractivity contribution in [3.05, 3.63) is 95.3 Å². The lowest BCUT2D eigenvalue weighted by Gasteiger charge is -2.25. The number of halogens is 1. The lowest BCUT2D eigenvalue weighted by atomic mass is 10.2. The Hall–Kier alpha value is -3.31. The average molecular weight is 421 g/mol. The minimum atomic E-state index is -0.657. The number of oxazole rings is 1. The fraction of sp³-hybridized carbons (Fsp3) is 0.167. The number of benzene rings is 3. The van der Waals surface area contributed by atoms with Crippen LogP contribution in [0.2, 0.25) is 5.02 Å². The van der Waals surface area contributed by atoms with Crippen molar-refractivity contribution in [2.24, 2.45) is 0 Å². The number of aromatic nitrogens is 1. The summed E-state index contributed by atoms with van der Waals surface area (Å²) < 4.78 is 11.7. The van der Waals surface area contributed by atoms with Gasteiger partial charge < -0.3 is 14.1 Å². The van der Waals surface area contributed by atoms with Gasteiger partial charge in [-0.2, -0.15) is 0 Å². The van der Waals surface area contributed by atoms with E-state index in [2.05, 4.69) is 4.98 Å². The van der Waals surface area contributed by atoms with Gasteiger partial charge in [0.25, 0.3) is 5.91 Å². The first-order valence-corrected chi connectivity index (χ1v) is 10.1. The van der Waals surface area contributed by atoms with Crippen molar-refractivity contribution in [3.8, 4) is 5.75 Å². The Morgan fingerprint density at radius 3 is 2.47 bits per heavy atom. The zero-order chi connectivity index (χ0) is 20.9. The van der Waals surface area contributed by atoms with Crippen LogP contribution < -0.4 is 4.74 Å². The molecule has 6 heteroatoms. The number of carbonyl (C=O) groups excluding carboxylic acids is 1. The second-order valence-corrected chi connectivity index (χ2v) is 7.41. The quantitative estimate of drug-likeness (QED) is 0.397. The first kappa shape index (κ1) is 20.0. The molecule has 5 nitrogen and oxygen atoms in total. The van der Waals surface area contributed by atoms with Crippen molar-refractivity contribution in [1.82, 2.24) is 9.88 Å². The van der Waals surface area contributed by atoms with Gasteiger partial charge in [-0.05, 0) is 42.8 Å². The second-order valence-electron chi connectivity index (χ2n) is 6.97. The van der Waals surface area contributed by atoms with Gasteiger partial charge in [-0.25, -0.2) is 4.98 Å². The minimum Gasteiger partial charge on any atom is -0.481 e. The molecule has 0 radical (unpaired) electrons. The van der Waals surface area contributed by atoms with Crippen molar-refractivity contribution < 1.29 is 13.9 Å². The molecule has 0 aliphatic heterocycles. The standard InChI is InChI=1S/C24H21ClN2O3/c1-17(29-20-10-6-3-7-11-20)24(28)27(15-18-8-4-2-5-9-18)16-23-26-21-14-19(25)12-13-22(21)30-23/h2-14,17H,15-16H2,1H3/t17-/m0/s1. The normalized spacial score (nSPS) is 11.9. The molecule has 0 aliphatic carbocycles. The molecule has 1 aromatic heterocycles. The molecule has 0 fully saturated rings. The smallest absolute Gasteiger partial charge is 0.264 e. The highest BCUT2D eigenvalue weighted by atomic mass is 35.5. The third-order valence-electron chi connectivity index (χ3n) is 4.65. The Kier molecular flexibility index (Phi) is 6.00. The minimum absolute atomic E-state index is 0.150. The molecule has 30 heavy (non-hydrogen) atoms. The molecule has 1 amide bonds. The van der Waals surface area contributed by atoms with Crippen LogP contribution in [0.4, 0.5) is 0 Å². The molecule has 0 saturated carbocycles. The Bertz CT molecular complexity index is 1130. The van der Waals surface area contributed by atoms with Gasteiger partial charge in [0.1, 0.15) is 11.3 Å². The van der Waals surface area contributed by atoms with Gasteiger partial charge in [0.15, 0.2) is 11.7 Å². The monoisotopic (exact) mass is 420 g/mol. The summed E-state index contributed by atoms with van der Waals surface area (Å²) in [4.78, 5) is 19.4. The number of fused-ring (bicyclic) bond motifs is 1. The van der Waals surface area contributed by atoms with Crippen LogP contribution in [0, 0.1) is 0 Å². The molecule has 152 valence electrons. The van der Waals surface area contributed by atoms with E-state index >= 15 is 0 Å². The largest absolute Gasteiger partial charge is 0.481 e. The SMILES string of the molecule is C[C@H](Oc1ccccc1)C(=O)N(Cc1ccccc1)Cc1nc2cc(Cl)ccc2o1. The summed E-state index contributed by atoms with van der Waals surface area (Å²) in [5.41, 5.74) is 2.31. The number of hydrogen-bond acceptors (Lipinski definition) is 4. The fourth-order valence-electron chi connectivity index (χ4n) is 3.21. The van der Waals surface area contributed by atoms with E-state index in [-0.39, 0.29) is 12.5 Å². The van der Waals surface area contributed by atoms with Crippen LogP contribution in [0.15, 0.2) is 83.3 Å². The number of para-hydroxylation sites is 1. The summed E-state index contributed by atoms with van der Waals surface area (Å²) in [7, 11) is 0. The van der Waals surface area contributed by atoms with Crippen molar-refractivity contribution in [3.63, 3.8) is 0 Å². The topological polar surface area (TPSA) is 55.6 Å². The molecule has 1 atom stereocenters. The highest BCUT2D eigenvalue weighted by Gasteiger charge is 2.24. The number of rotatable bonds is 7. The predicted octanol–water partition coefficient (Wildman–Crippen LogP) is 5.48. The highest BCUT2D eigenvalue weighted by Crippen LogP contribution is 2.22. The fourth-order valence-corrected chi connectivity index (χ4v) is 3.37. The number of hydrogen-bond donors (Lipinski definition) is 0. The van der Waals surface area contributed by atoms with Crippen LogP contribution >= 0.6 is 11.6 Å².